The molecule has 0 unspecified atom stereocenters. The average molecular weight is 368 g/mol. The molecule has 2 heterocycles. The Labute approximate surface area is 144 Å². The summed E-state index contributed by atoms with van der Waals surface area (Å²) >= 11 is 6.00. The number of rotatable bonds is 3. The molecule has 0 aliphatic rings. The van der Waals surface area contributed by atoms with Gasteiger partial charge in [-0.2, -0.15) is 13.2 Å². The van der Waals surface area contributed by atoms with E-state index in [4.69, 9.17) is 11.6 Å². The van der Waals surface area contributed by atoms with Crippen LogP contribution in [0.1, 0.15) is 11.1 Å². The minimum atomic E-state index is -4.55. The van der Waals surface area contributed by atoms with Gasteiger partial charge in [0.15, 0.2) is 5.82 Å². The second-order valence-electron chi connectivity index (χ2n) is 5.10. The standard InChI is InChI=1S/C16H9ClF3N3O2/c17-13-7-11(16(18,19)20)8-21-15(13)22-9-10(5-6-23(24)25)12-3-1-2-4-14(12)22/h1-9H/b6-5-. The molecule has 9 heteroatoms. The summed E-state index contributed by atoms with van der Waals surface area (Å²) in [5, 5.41) is 11.0. The molecule has 0 amide bonds. The highest BCUT2D eigenvalue weighted by atomic mass is 35.5. The molecular weight excluding hydrogens is 359 g/mol. The number of para-hydroxylation sites is 1. The molecule has 0 N–H and O–H groups in total. The van der Waals surface area contributed by atoms with E-state index in [1.165, 1.54) is 16.8 Å². The van der Waals surface area contributed by atoms with Gasteiger partial charge in [-0.15, -0.1) is 0 Å². The number of halogens is 4. The molecule has 0 fully saturated rings. The molecule has 5 nitrogen and oxygen atoms in total. The van der Waals surface area contributed by atoms with Gasteiger partial charge < -0.3 is 0 Å². The highest BCUT2D eigenvalue weighted by Gasteiger charge is 2.31. The third kappa shape index (κ3) is 3.34. The molecular formula is C16H9ClF3N3O2. The maximum absolute atomic E-state index is 12.8. The van der Waals surface area contributed by atoms with Crippen molar-refractivity contribution in [3.63, 3.8) is 0 Å². The zero-order valence-corrected chi connectivity index (χ0v) is 13.1. The molecule has 0 radical (unpaired) electrons. The van der Waals surface area contributed by atoms with Gasteiger partial charge in [0, 0.05) is 29.4 Å². The highest BCUT2D eigenvalue weighted by Crippen LogP contribution is 2.33. The van der Waals surface area contributed by atoms with Gasteiger partial charge in [0.05, 0.1) is 21.0 Å². The van der Waals surface area contributed by atoms with E-state index in [1.54, 1.807) is 24.3 Å². The third-order valence-corrected chi connectivity index (χ3v) is 3.77. The average Bonchev–Trinajstić information content (AvgIpc) is 2.91. The van der Waals surface area contributed by atoms with E-state index >= 15 is 0 Å². The largest absolute Gasteiger partial charge is 0.417 e. The molecule has 128 valence electrons. The minimum Gasteiger partial charge on any atom is -0.299 e. The Bertz CT molecular complexity index is 996. The van der Waals surface area contributed by atoms with E-state index in [0.717, 1.165) is 12.3 Å². The Morgan fingerprint density at radius 2 is 2.00 bits per heavy atom. The van der Waals surface area contributed by atoms with Crippen LogP contribution in [-0.2, 0) is 6.18 Å². The number of fused-ring (bicyclic) bond motifs is 1. The summed E-state index contributed by atoms with van der Waals surface area (Å²) in [5.74, 6) is 0.103. The Hall–Kier alpha value is -2.87. The Morgan fingerprint density at radius 1 is 1.28 bits per heavy atom. The maximum atomic E-state index is 12.8. The SMILES string of the molecule is O=[N+]([O-])/C=C\c1cn(-c2ncc(C(F)(F)F)cc2Cl)c2ccccc12. The van der Waals surface area contributed by atoms with Crippen molar-refractivity contribution in [3.8, 4) is 5.82 Å². The molecule has 1 aromatic carbocycles. The van der Waals surface area contributed by atoms with Crippen molar-refractivity contribution in [2.24, 2.45) is 0 Å². The van der Waals surface area contributed by atoms with E-state index in [-0.39, 0.29) is 10.8 Å². The summed E-state index contributed by atoms with van der Waals surface area (Å²) < 4.78 is 39.8. The first-order chi connectivity index (χ1) is 11.8. The molecule has 0 bridgehead atoms. The lowest BCUT2D eigenvalue weighted by Crippen LogP contribution is -2.07. The van der Waals surface area contributed by atoms with Crippen molar-refractivity contribution in [3.05, 3.63) is 75.2 Å². The van der Waals surface area contributed by atoms with Gasteiger partial charge in [0.1, 0.15) is 0 Å². The topological polar surface area (TPSA) is 61.0 Å². The van der Waals surface area contributed by atoms with Gasteiger partial charge in [-0.25, -0.2) is 4.98 Å². The van der Waals surface area contributed by atoms with Gasteiger partial charge in [-0.3, -0.25) is 14.7 Å². The lowest BCUT2D eigenvalue weighted by atomic mass is 10.2. The first-order valence-corrected chi connectivity index (χ1v) is 7.30. The molecule has 0 spiro atoms. The molecule has 0 saturated carbocycles. The lowest BCUT2D eigenvalue weighted by molar-refractivity contribution is -0.400. The molecule has 2 aromatic heterocycles. The highest BCUT2D eigenvalue weighted by molar-refractivity contribution is 6.32. The van der Waals surface area contributed by atoms with Crippen LogP contribution in [0.2, 0.25) is 5.02 Å². The van der Waals surface area contributed by atoms with Crippen molar-refractivity contribution in [1.82, 2.24) is 9.55 Å². The fraction of sp³-hybridized carbons (Fsp3) is 0.0625. The summed E-state index contributed by atoms with van der Waals surface area (Å²) in [6.07, 6.45) is -0.229. The van der Waals surface area contributed by atoms with Crippen molar-refractivity contribution in [2.75, 3.05) is 0 Å². The van der Waals surface area contributed by atoms with E-state index in [2.05, 4.69) is 4.98 Å². The molecule has 0 aliphatic heterocycles. The minimum absolute atomic E-state index is 0.103. The molecule has 25 heavy (non-hydrogen) atoms. The number of benzene rings is 1. The van der Waals surface area contributed by atoms with Crippen LogP contribution in [0.5, 0.6) is 0 Å². The van der Waals surface area contributed by atoms with E-state index in [9.17, 15) is 23.3 Å². The molecule has 3 rings (SSSR count). The molecule has 0 saturated heterocycles. The lowest BCUT2D eigenvalue weighted by Gasteiger charge is -2.10. The monoisotopic (exact) mass is 367 g/mol. The van der Waals surface area contributed by atoms with Crippen LogP contribution in [0.15, 0.2) is 48.9 Å². The second kappa shape index (κ2) is 6.21. The molecule has 3 aromatic rings. The van der Waals surface area contributed by atoms with Crippen molar-refractivity contribution >= 4 is 28.6 Å². The number of alkyl halides is 3. The first kappa shape index (κ1) is 17.0. The summed E-state index contributed by atoms with van der Waals surface area (Å²) in [6, 6.07) is 7.74. The van der Waals surface area contributed by atoms with Crippen LogP contribution >= 0.6 is 11.6 Å². The zero-order chi connectivity index (χ0) is 18.2. The van der Waals surface area contributed by atoms with E-state index in [1.807, 2.05) is 0 Å². The second-order valence-corrected chi connectivity index (χ2v) is 5.51. The number of aromatic nitrogens is 2. The van der Waals surface area contributed by atoms with Gasteiger partial charge in [0.2, 0.25) is 6.20 Å². The van der Waals surface area contributed by atoms with Gasteiger partial charge in [-0.05, 0) is 12.1 Å². The fourth-order valence-corrected chi connectivity index (χ4v) is 2.68. The van der Waals surface area contributed by atoms with Crippen molar-refractivity contribution < 1.29 is 18.1 Å². The number of nitrogens with zero attached hydrogens (tertiary/aromatic N) is 3. The number of pyridine rings is 1. The first-order valence-electron chi connectivity index (χ1n) is 6.92. The quantitative estimate of drug-likeness (QED) is 0.486. The smallest absolute Gasteiger partial charge is 0.299 e. The van der Waals surface area contributed by atoms with Crippen LogP contribution in [0.25, 0.3) is 22.8 Å². The number of hydrogen-bond donors (Lipinski definition) is 0. The summed E-state index contributed by atoms with van der Waals surface area (Å²) in [5.41, 5.74) is 0.177. The Kier molecular flexibility index (Phi) is 4.22. The molecule has 0 aliphatic carbocycles. The number of nitro groups is 1. The Morgan fingerprint density at radius 3 is 2.64 bits per heavy atom. The summed E-state index contributed by atoms with van der Waals surface area (Å²) in [6.45, 7) is 0. The van der Waals surface area contributed by atoms with Gasteiger partial charge in [0.25, 0.3) is 0 Å². The van der Waals surface area contributed by atoms with Crippen molar-refractivity contribution in [2.45, 2.75) is 6.18 Å². The predicted molar refractivity (Wildman–Crippen MR) is 87.1 cm³/mol. The van der Waals surface area contributed by atoms with Gasteiger partial charge >= 0.3 is 6.18 Å². The normalized spacial score (nSPS) is 12.2. The van der Waals surface area contributed by atoms with E-state index < -0.39 is 16.7 Å². The summed E-state index contributed by atoms with van der Waals surface area (Å²) in [7, 11) is 0. The van der Waals surface area contributed by atoms with Crippen LogP contribution in [0.4, 0.5) is 13.2 Å². The zero-order valence-electron chi connectivity index (χ0n) is 12.4. The number of hydrogen-bond acceptors (Lipinski definition) is 3. The van der Waals surface area contributed by atoms with Crippen LogP contribution in [-0.4, -0.2) is 14.5 Å². The van der Waals surface area contributed by atoms with Crippen LogP contribution in [0, 0.1) is 10.1 Å². The predicted octanol–water partition coefficient (Wildman–Crippen LogP) is 4.95. The van der Waals surface area contributed by atoms with Crippen LogP contribution in [0.3, 0.4) is 0 Å². The summed E-state index contributed by atoms with van der Waals surface area (Å²) in [4.78, 5) is 13.8. The molecule has 0 atom stereocenters. The Balaban J connectivity index is 2.18. The van der Waals surface area contributed by atoms with Crippen molar-refractivity contribution in [1.29, 1.82) is 0 Å². The maximum Gasteiger partial charge on any atom is 0.417 e. The third-order valence-electron chi connectivity index (χ3n) is 3.50. The van der Waals surface area contributed by atoms with Crippen LogP contribution < -0.4 is 0 Å². The van der Waals surface area contributed by atoms with E-state index in [0.29, 0.717) is 22.7 Å². The fourth-order valence-electron chi connectivity index (χ4n) is 2.42. The van der Waals surface area contributed by atoms with Gasteiger partial charge in [-0.1, -0.05) is 29.8 Å².